The van der Waals surface area contributed by atoms with Crippen molar-refractivity contribution >= 4 is 28.2 Å². The van der Waals surface area contributed by atoms with Crippen molar-refractivity contribution < 1.29 is 0 Å². The fraction of sp³-hybridized carbons (Fsp3) is 0. The molecule has 0 saturated carbocycles. The molecule has 1 heterocycles. The van der Waals surface area contributed by atoms with Gasteiger partial charge < -0.3 is 0 Å². The van der Waals surface area contributed by atoms with E-state index >= 15 is 0 Å². The molecule has 13 heavy (non-hydrogen) atoms. The smallest absolute Gasteiger partial charge is 0.101 e. The van der Waals surface area contributed by atoms with Gasteiger partial charge in [-0.2, -0.15) is 9.98 Å². The van der Waals surface area contributed by atoms with E-state index in [0.717, 1.165) is 22.1 Å². The average Bonchev–Trinajstić information content (AvgIpc) is 2.30. The van der Waals surface area contributed by atoms with Crippen LogP contribution in [0.15, 0.2) is 46.4 Å². The van der Waals surface area contributed by atoms with Gasteiger partial charge in [-0.05, 0) is 12.1 Å². The molecular formula is C11H6N2. The van der Waals surface area contributed by atoms with E-state index in [1.165, 1.54) is 0 Å². The Morgan fingerprint density at radius 3 is 1.85 bits per heavy atom. The molecule has 0 N–H and O–H groups in total. The Kier molecular flexibility index (Phi) is 1.16. The van der Waals surface area contributed by atoms with Crippen LogP contribution in [-0.4, -0.2) is 6.01 Å². The lowest BCUT2D eigenvalue weighted by molar-refractivity contribution is 1.59. The molecule has 0 aliphatic carbocycles. The predicted molar refractivity (Wildman–Crippen MR) is 53.1 cm³/mol. The van der Waals surface area contributed by atoms with Crippen LogP contribution in [0.2, 0.25) is 0 Å². The van der Waals surface area contributed by atoms with Gasteiger partial charge in [-0.1, -0.05) is 24.3 Å². The molecule has 0 atom stereocenters. The normalized spacial score (nSPS) is 12.3. The van der Waals surface area contributed by atoms with E-state index < -0.39 is 0 Å². The first kappa shape index (κ1) is 6.58. The number of aliphatic imine (C=N–C) groups is 2. The highest BCUT2D eigenvalue weighted by Crippen LogP contribution is 2.33. The minimum absolute atomic E-state index is 0.945. The van der Waals surface area contributed by atoms with Crippen LogP contribution in [0.4, 0.5) is 11.4 Å². The quantitative estimate of drug-likeness (QED) is 0.489. The lowest BCUT2D eigenvalue weighted by Gasteiger charge is -2.00. The van der Waals surface area contributed by atoms with Crippen molar-refractivity contribution in [3.63, 3.8) is 0 Å². The number of hydrogen-bond acceptors (Lipinski definition) is 2. The van der Waals surface area contributed by atoms with E-state index in [4.69, 9.17) is 0 Å². The number of nitrogens with zero attached hydrogens (tertiary/aromatic N) is 2. The number of benzene rings is 2. The summed E-state index contributed by atoms with van der Waals surface area (Å²) < 4.78 is 0. The van der Waals surface area contributed by atoms with Crippen molar-refractivity contribution in [3.05, 3.63) is 36.4 Å². The zero-order valence-electron chi connectivity index (χ0n) is 6.86. The zero-order valence-corrected chi connectivity index (χ0v) is 6.86. The summed E-state index contributed by atoms with van der Waals surface area (Å²) in [7, 11) is 0. The summed E-state index contributed by atoms with van der Waals surface area (Å²) in [5, 5.41) is 2.29. The standard InChI is InChI=1S/C11H6N2/c1-3-8-9-4-2-6-11(8)13-7-12-10(9)5-1/h1-6H. The van der Waals surface area contributed by atoms with Crippen LogP contribution in [0, 0.1) is 0 Å². The second-order valence-electron chi connectivity index (χ2n) is 2.97. The molecule has 1 aliphatic heterocycles. The van der Waals surface area contributed by atoms with E-state index in [1.54, 1.807) is 0 Å². The number of rotatable bonds is 0. The van der Waals surface area contributed by atoms with Crippen molar-refractivity contribution in [2.24, 2.45) is 9.98 Å². The highest BCUT2D eigenvalue weighted by molar-refractivity contribution is 6.01. The van der Waals surface area contributed by atoms with Gasteiger partial charge in [0, 0.05) is 10.8 Å². The average molecular weight is 166 g/mol. The van der Waals surface area contributed by atoms with Gasteiger partial charge in [-0.25, -0.2) is 0 Å². The fourth-order valence-corrected chi connectivity index (χ4v) is 1.60. The first-order chi connectivity index (χ1) is 6.45. The van der Waals surface area contributed by atoms with Gasteiger partial charge in [0.2, 0.25) is 0 Å². The Balaban J connectivity index is 2.68. The molecule has 0 spiro atoms. The molecule has 3 rings (SSSR count). The highest BCUT2D eigenvalue weighted by Gasteiger charge is 2.04. The lowest BCUT2D eigenvalue weighted by atomic mass is 10.1. The summed E-state index contributed by atoms with van der Waals surface area (Å²) in [6, 6.07) is 14.7. The van der Waals surface area contributed by atoms with E-state index in [2.05, 4.69) is 28.1 Å². The SMILES string of the molecule is C1=Nc2cccc3c(cccc23)N=1. The second kappa shape index (κ2) is 2.28. The molecule has 1 aliphatic rings. The van der Waals surface area contributed by atoms with Gasteiger partial charge in [0.05, 0.1) is 11.4 Å². The van der Waals surface area contributed by atoms with Gasteiger partial charge in [0.25, 0.3) is 0 Å². The third kappa shape index (κ3) is 0.835. The van der Waals surface area contributed by atoms with E-state index in [1.807, 2.05) is 24.3 Å². The van der Waals surface area contributed by atoms with Gasteiger partial charge in [0.1, 0.15) is 6.01 Å². The topological polar surface area (TPSA) is 24.7 Å². The summed E-state index contributed by atoms with van der Waals surface area (Å²) in [5.41, 5.74) is 1.89. The first-order valence-electron chi connectivity index (χ1n) is 4.13. The molecule has 60 valence electrons. The molecule has 0 radical (unpaired) electrons. The summed E-state index contributed by atoms with van der Waals surface area (Å²) in [6.07, 6.45) is 0. The highest BCUT2D eigenvalue weighted by atomic mass is 14.8. The van der Waals surface area contributed by atoms with Crippen LogP contribution in [-0.2, 0) is 0 Å². The molecule has 0 aromatic heterocycles. The molecule has 2 nitrogen and oxygen atoms in total. The monoisotopic (exact) mass is 166 g/mol. The maximum absolute atomic E-state index is 4.13. The van der Waals surface area contributed by atoms with Crippen molar-refractivity contribution in [2.45, 2.75) is 0 Å². The molecule has 2 aromatic rings. The predicted octanol–water partition coefficient (Wildman–Crippen LogP) is 3.29. The summed E-state index contributed by atoms with van der Waals surface area (Å²) in [4.78, 5) is 8.26. The third-order valence-corrected chi connectivity index (χ3v) is 2.22. The van der Waals surface area contributed by atoms with E-state index in [0.29, 0.717) is 0 Å². The van der Waals surface area contributed by atoms with Crippen molar-refractivity contribution in [1.82, 2.24) is 0 Å². The molecular weight excluding hydrogens is 160 g/mol. The minimum Gasteiger partial charge on any atom is -0.187 e. The van der Waals surface area contributed by atoms with Crippen LogP contribution < -0.4 is 0 Å². The van der Waals surface area contributed by atoms with E-state index in [9.17, 15) is 0 Å². The lowest BCUT2D eigenvalue weighted by Crippen LogP contribution is -1.71. The minimum atomic E-state index is 0.945. The van der Waals surface area contributed by atoms with Crippen LogP contribution in [0.3, 0.4) is 0 Å². The van der Waals surface area contributed by atoms with Gasteiger partial charge >= 0.3 is 0 Å². The van der Waals surface area contributed by atoms with Gasteiger partial charge in [-0.3, -0.25) is 0 Å². The summed E-state index contributed by atoms with van der Waals surface area (Å²) >= 11 is 0. The van der Waals surface area contributed by atoms with Crippen molar-refractivity contribution in [3.8, 4) is 0 Å². The molecule has 2 aromatic carbocycles. The Labute approximate surface area is 75.3 Å². The Morgan fingerprint density at radius 1 is 0.769 bits per heavy atom. The van der Waals surface area contributed by atoms with Crippen molar-refractivity contribution in [2.75, 3.05) is 0 Å². The Bertz CT molecular complexity index is 502. The second-order valence-corrected chi connectivity index (χ2v) is 2.97. The van der Waals surface area contributed by atoms with Crippen LogP contribution in [0.1, 0.15) is 0 Å². The maximum atomic E-state index is 4.13. The van der Waals surface area contributed by atoms with Gasteiger partial charge in [0.15, 0.2) is 0 Å². The largest absolute Gasteiger partial charge is 0.187 e. The van der Waals surface area contributed by atoms with Gasteiger partial charge in [-0.15, -0.1) is 0 Å². The summed E-state index contributed by atoms with van der Waals surface area (Å²) in [5.74, 6) is 0. The molecule has 0 unspecified atom stereocenters. The zero-order chi connectivity index (χ0) is 8.67. The van der Waals surface area contributed by atoms with Crippen LogP contribution in [0.5, 0.6) is 0 Å². The maximum Gasteiger partial charge on any atom is 0.101 e. The number of hydrogen-bond donors (Lipinski definition) is 0. The third-order valence-electron chi connectivity index (χ3n) is 2.22. The molecule has 4 bridgehead atoms. The molecule has 0 fully saturated rings. The molecule has 2 heteroatoms. The summed E-state index contributed by atoms with van der Waals surface area (Å²) in [6.45, 7) is 0. The van der Waals surface area contributed by atoms with Crippen molar-refractivity contribution in [1.29, 1.82) is 0 Å². The van der Waals surface area contributed by atoms with E-state index in [-0.39, 0.29) is 0 Å². The van der Waals surface area contributed by atoms with Crippen LogP contribution in [0.25, 0.3) is 10.8 Å². The fourth-order valence-electron chi connectivity index (χ4n) is 1.60. The molecule has 0 saturated heterocycles. The Hall–Kier alpha value is -1.92. The molecule has 0 amide bonds. The first-order valence-corrected chi connectivity index (χ1v) is 4.13. The van der Waals surface area contributed by atoms with Crippen LogP contribution >= 0.6 is 0 Å². The Morgan fingerprint density at radius 2 is 1.31 bits per heavy atom.